The first kappa shape index (κ1) is 17.4. The van der Waals surface area contributed by atoms with Gasteiger partial charge in [-0.15, -0.1) is 0 Å². The molecule has 1 aliphatic rings. The van der Waals surface area contributed by atoms with E-state index in [4.69, 9.17) is 5.11 Å². The minimum absolute atomic E-state index is 0.0528. The van der Waals surface area contributed by atoms with Gasteiger partial charge in [-0.1, -0.05) is 0 Å². The lowest BCUT2D eigenvalue weighted by atomic mass is 9.96. The van der Waals surface area contributed by atoms with E-state index in [1.165, 1.54) is 12.3 Å². The lowest BCUT2D eigenvalue weighted by Crippen LogP contribution is -2.42. The molecule has 0 unspecified atom stereocenters. The average Bonchev–Trinajstić information content (AvgIpc) is 2.58. The van der Waals surface area contributed by atoms with Gasteiger partial charge in [-0.2, -0.15) is 0 Å². The van der Waals surface area contributed by atoms with Gasteiger partial charge in [0.2, 0.25) is 5.91 Å². The number of amides is 2. The van der Waals surface area contributed by atoms with Crippen molar-refractivity contribution in [2.24, 2.45) is 5.92 Å². The Morgan fingerprint density at radius 3 is 2.50 bits per heavy atom. The topological polar surface area (TPSA) is 138 Å². The molecule has 1 aliphatic heterocycles. The van der Waals surface area contributed by atoms with Gasteiger partial charge in [-0.25, -0.2) is 9.78 Å². The number of carbonyl (C=O) groups is 2. The summed E-state index contributed by atoms with van der Waals surface area (Å²) in [6.07, 6.45) is 1.41. The molecule has 2 amide bonds. The second-order valence-electron chi connectivity index (χ2n) is 5.42. The molecule has 1 saturated heterocycles. The maximum Gasteiger partial charge on any atom is 0.404 e. The van der Waals surface area contributed by atoms with Crippen LogP contribution in [0.1, 0.15) is 12.8 Å². The van der Waals surface area contributed by atoms with Crippen molar-refractivity contribution in [1.82, 2.24) is 15.6 Å². The van der Waals surface area contributed by atoms with Crippen molar-refractivity contribution in [2.45, 2.75) is 12.8 Å². The van der Waals surface area contributed by atoms with E-state index >= 15 is 0 Å². The number of anilines is 1. The second-order valence-corrected chi connectivity index (χ2v) is 5.42. The van der Waals surface area contributed by atoms with Crippen molar-refractivity contribution in [1.29, 1.82) is 0 Å². The molecule has 0 saturated carbocycles. The molecule has 0 aromatic carbocycles. The molecular weight excluding hydrogens is 318 g/mol. The highest BCUT2D eigenvalue weighted by atomic mass is 16.6. The molecular formula is C14H19N5O5. The highest BCUT2D eigenvalue weighted by molar-refractivity contribution is 5.79. The third kappa shape index (κ3) is 4.80. The molecule has 1 aromatic heterocycles. The summed E-state index contributed by atoms with van der Waals surface area (Å²) in [6.45, 7) is 1.70. The van der Waals surface area contributed by atoms with E-state index in [0.29, 0.717) is 31.7 Å². The van der Waals surface area contributed by atoms with E-state index in [1.807, 2.05) is 4.90 Å². The van der Waals surface area contributed by atoms with Crippen LogP contribution < -0.4 is 15.5 Å². The molecule has 1 aromatic rings. The van der Waals surface area contributed by atoms with Gasteiger partial charge in [0.05, 0.1) is 4.92 Å². The fraction of sp³-hybridized carbons (Fsp3) is 0.500. The van der Waals surface area contributed by atoms with Gasteiger partial charge in [0.1, 0.15) is 12.0 Å². The predicted molar refractivity (Wildman–Crippen MR) is 84.9 cm³/mol. The zero-order valence-corrected chi connectivity index (χ0v) is 13.0. The Balaban J connectivity index is 1.77. The standard InChI is InChI=1S/C14H19N5O5/c20-13(15-5-6-16-14(21)22)10-3-7-18(8-4-10)12-2-1-11(9-17-12)19(23)24/h1-2,9-10,16H,3-8H2,(H,15,20)(H,21,22). The van der Waals surface area contributed by atoms with Crippen LogP contribution in [0, 0.1) is 16.0 Å². The predicted octanol–water partition coefficient (Wildman–Crippen LogP) is 0.590. The van der Waals surface area contributed by atoms with E-state index in [0.717, 1.165) is 0 Å². The smallest absolute Gasteiger partial charge is 0.404 e. The third-order valence-corrected chi connectivity index (χ3v) is 3.83. The Morgan fingerprint density at radius 1 is 1.29 bits per heavy atom. The number of carbonyl (C=O) groups excluding carboxylic acids is 1. The first-order valence-electron chi connectivity index (χ1n) is 7.57. The number of hydrogen-bond donors (Lipinski definition) is 3. The molecule has 0 aliphatic carbocycles. The quantitative estimate of drug-likeness (QED) is 0.392. The summed E-state index contributed by atoms with van der Waals surface area (Å²) in [5, 5.41) is 24.0. The molecule has 24 heavy (non-hydrogen) atoms. The van der Waals surface area contributed by atoms with E-state index in [1.54, 1.807) is 6.07 Å². The van der Waals surface area contributed by atoms with Gasteiger partial charge in [-0.3, -0.25) is 14.9 Å². The molecule has 0 radical (unpaired) electrons. The van der Waals surface area contributed by atoms with Gasteiger partial charge in [-0.05, 0) is 18.9 Å². The number of rotatable bonds is 6. The zero-order valence-electron chi connectivity index (χ0n) is 13.0. The summed E-state index contributed by atoms with van der Waals surface area (Å²) in [5.41, 5.74) is -0.0528. The van der Waals surface area contributed by atoms with E-state index in [-0.39, 0.29) is 30.6 Å². The van der Waals surface area contributed by atoms with Crippen LogP contribution in [0.25, 0.3) is 0 Å². The molecule has 2 heterocycles. The van der Waals surface area contributed by atoms with E-state index in [2.05, 4.69) is 15.6 Å². The second kappa shape index (κ2) is 8.09. The third-order valence-electron chi connectivity index (χ3n) is 3.83. The Labute approximate surface area is 138 Å². The number of nitro groups is 1. The summed E-state index contributed by atoms with van der Waals surface area (Å²) >= 11 is 0. The molecule has 1 fully saturated rings. The molecule has 3 N–H and O–H groups in total. The monoisotopic (exact) mass is 337 g/mol. The minimum atomic E-state index is -1.12. The molecule has 2 rings (SSSR count). The van der Waals surface area contributed by atoms with Gasteiger partial charge in [0, 0.05) is 38.2 Å². The SMILES string of the molecule is O=C(O)NCCNC(=O)C1CCN(c2ccc([N+](=O)[O-])cn2)CC1. The number of nitrogens with one attached hydrogen (secondary N) is 2. The fourth-order valence-electron chi connectivity index (χ4n) is 2.54. The molecule has 10 heteroatoms. The van der Waals surface area contributed by atoms with Crippen molar-refractivity contribution >= 4 is 23.5 Å². The molecule has 0 bridgehead atoms. The average molecular weight is 337 g/mol. The van der Waals surface area contributed by atoms with Gasteiger partial charge in [0.25, 0.3) is 5.69 Å². The Morgan fingerprint density at radius 2 is 1.96 bits per heavy atom. The largest absolute Gasteiger partial charge is 0.465 e. The highest BCUT2D eigenvalue weighted by Gasteiger charge is 2.25. The Bertz CT molecular complexity index is 598. The molecule has 10 nitrogen and oxygen atoms in total. The number of aromatic nitrogens is 1. The summed E-state index contributed by atoms with van der Waals surface area (Å²) in [4.78, 5) is 38.5. The maximum absolute atomic E-state index is 12.0. The van der Waals surface area contributed by atoms with Crippen LogP contribution in [0.15, 0.2) is 18.3 Å². The van der Waals surface area contributed by atoms with Crippen molar-refractivity contribution in [2.75, 3.05) is 31.1 Å². The maximum atomic E-state index is 12.0. The molecule has 0 atom stereocenters. The molecule has 0 spiro atoms. The van der Waals surface area contributed by atoms with Crippen molar-refractivity contribution in [3.8, 4) is 0 Å². The van der Waals surface area contributed by atoms with Crippen molar-refractivity contribution < 1.29 is 19.6 Å². The first-order chi connectivity index (χ1) is 11.5. The lowest BCUT2D eigenvalue weighted by molar-refractivity contribution is -0.385. The summed E-state index contributed by atoms with van der Waals surface area (Å²) in [7, 11) is 0. The number of nitrogens with zero attached hydrogens (tertiary/aromatic N) is 3. The fourth-order valence-corrected chi connectivity index (χ4v) is 2.54. The van der Waals surface area contributed by atoms with Gasteiger partial charge in [0.15, 0.2) is 0 Å². The van der Waals surface area contributed by atoms with Crippen LogP contribution in [0.4, 0.5) is 16.3 Å². The van der Waals surface area contributed by atoms with E-state index < -0.39 is 11.0 Å². The highest BCUT2D eigenvalue weighted by Crippen LogP contribution is 2.23. The number of carboxylic acid groups (broad SMARTS) is 1. The van der Waals surface area contributed by atoms with Crippen LogP contribution in [0.3, 0.4) is 0 Å². The first-order valence-corrected chi connectivity index (χ1v) is 7.57. The number of hydrogen-bond acceptors (Lipinski definition) is 6. The van der Waals surface area contributed by atoms with E-state index in [9.17, 15) is 19.7 Å². The minimum Gasteiger partial charge on any atom is -0.465 e. The normalized spacial score (nSPS) is 14.9. The Kier molecular flexibility index (Phi) is 5.88. The number of piperidine rings is 1. The Hall–Kier alpha value is -2.91. The van der Waals surface area contributed by atoms with Crippen molar-refractivity contribution in [3.05, 3.63) is 28.4 Å². The van der Waals surface area contributed by atoms with Crippen LogP contribution in [0.5, 0.6) is 0 Å². The van der Waals surface area contributed by atoms with Gasteiger partial charge >= 0.3 is 6.09 Å². The molecule has 130 valence electrons. The van der Waals surface area contributed by atoms with Crippen LogP contribution in [0.2, 0.25) is 0 Å². The summed E-state index contributed by atoms with van der Waals surface area (Å²) < 4.78 is 0. The number of pyridine rings is 1. The van der Waals surface area contributed by atoms with Crippen LogP contribution in [-0.4, -0.2) is 53.2 Å². The van der Waals surface area contributed by atoms with Crippen LogP contribution >= 0.6 is 0 Å². The van der Waals surface area contributed by atoms with Crippen LogP contribution in [-0.2, 0) is 4.79 Å². The lowest BCUT2D eigenvalue weighted by Gasteiger charge is -2.32. The van der Waals surface area contributed by atoms with Crippen molar-refractivity contribution in [3.63, 3.8) is 0 Å². The summed E-state index contributed by atoms with van der Waals surface area (Å²) in [5.74, 6) is 0.452. The van der Waals surface area contributed by atoms with Gasteiger partial charge < -0.3 is 20.6 Å². The zero-order chi connectivity index (χ0) is 17.5. The summed E-state index contributed by atoms with van der Waals surface area (Å²) in [6, 6.07) is 3.02.